The van der Waals surface area contributed by atoms with Crippen LogP contribution in [-0.4, -0.2) is 12.6 Å². The molecule has 2 aliphatic carbocycles. The smallest absolute Gasteiger partial charge is 0.333 e. The van der Waals surface area contributed by atoms with E-state index in [0.717, 1.165) is 5.92 Å². The van der Waals surface area contributed by atoms with Gasteiger partial charge in [-0.3, -0.25) is 0 Å². The normalized spacial score (nSPS) is 36.6. The fourth-order valence-electron chi connectivity index (χ4n) is 3.11. The molecule has 0 spiro atoms. The first-order valence-corrected chi connectivity index (χ1v) is 5.35. The number of hydrogen-bond donors (Lipinski definition) is 0. The van der Waals surface area contributed by atoms with Crippen molar-refractivity contribution in [1.82, 2.24) is 0 Å². The first-order valence-electron chi connectivity index (χ1n) is 5.35. The van der Waals surface area contributed by atoms with Crippen LogP contribution in [0.2, 0.25) is 0 Å². The predicted molar refractivity (Wildman–Crippen MR) is 54.6 cm³/mol. The lowest BCUT2D eigenvalue weighted by Gasteiger charge is -2.33. The van der Waals surface area contributed by atoms with Gasteiger partial charge in [-0.25, -0.2) is 4.79 Å². The first kappa shape index (κ1) is 9.75. The van der Waals surface area contributed by atoms with Crippen LogP contribution in [-0.2, 0) is 9.53 Å². The molecule has 2 heteroatoms. The third kappa shape index (κ3) is 1.20. The Kier molecular flexibility index (Phi) is 1.98. The maximum absolute atomic E-state index is 11.4. The summed E-state index contributed by atoms with van der Waals surface area (Å²) >= 11 is 0. The fraction of sp³-hybridized carbons (Fsp3) is 0.750. The topological polar surface area (TPSA) is 26.3 Å². The molecule has 3 atom stereocenters. The van der Waals surface area contributed by atoms with Crippen molar-refractivity contribution in [1.29, 1.82) is 0 Å². The fourth-order valence-corrected chi connectivity index (χ4v) is 3.11. The van der Waals surface area contributed by atoms with Gasteiger partial charge in [0.15, 0.2) is 0 Å². The number of carbonyl (C=O) groups excluding carboxylic acids is 1. The van der Waals surface area contributed by atoms with Crippen molar-refractivity contribution in [2.24, 2.45) is 23.2 Å². The first-order chi connectivity index (χ1) is 6.49. The summed E-state index contributed by atoms with van der Waals surface area (Å²) in [6, 6.07) is 0. The minimum atomic E-state index is -0.192. The average Bonchev–Trinajstić information content (AvgIpc) is 2.73. The van der Waals surface area contributed by atoms with E-state index in [1.165, 1.54) is 6.42 Å². The molecule has 0 aromatic rings. The lowest BCUT2D eigenvalue weighted by atomic mass is 9.72. The maximum atomic E-state index is 11.4. The van der Waals surface area contributed by atoms with E-state index in [2.05, 4.69) is 20.4 Å². The Balaban J connectivity index is 1.94. The summed E-state index contributed by atoms with van der Waals surface area (Å²) in [7, 11) is 0. The summed E-state index contributed by atoms with van der Waals surface area (Å²) in [4.78, 5) is 11.4. The molecule has 0 N–H and O–H groups in total. The van der Waals surface area contributed by atoms with Crippen LogP contribution in [0.5, 0.6) is 0 Å². The molecule has 2 nitrogen and oxygen atoms in total. The van der Waals surface area contributed by atoms with Crippen LogP contribution < -0.4 is 0 Å². The van der Waals surface area contributed by atoms with Gasteiger partial charge in [-0.2, -0.15) is 0 Å². The third-order valence-corrected chi connectivity index (χ3v) is 3.77. The van der Waals surface area contributed by atoms with Crippen molar-refractivity contribution in [3.05, 3.63) is 12.2 Å². The van der Waals surface area contributed by atoms with E-state index in [1.807, 2.05) is 6.92 Å². The standard InChI is InChI=1S/C12H18O2/c1-5-14-11(13)7(2)9-8-6-12(3,4)10(8)9/h8-10H,2,5-6H2,1,3-4H3/t8-,9-,10-/m0/s1. The van der Waals surface area contributed by atoms with Crippen LogP contribution in [0.3, 0.4) is 0 Å². The average molecular weight is 194 g/mol. The second-order valence-corrected chi connectivity index (χ2v) is 5.15. The Morgan fingerprint density at radius 2 is 2.21 bits per heavy atom. The van der Waals surface area contributed by atoms with Gasteiger partial charge in [0.1, 0.15) is 0 Å². The zero-order chi connectivity index (χ0) is 10.5. The summed E-state index contributed by atoms with van der Waals surface area (Å²) in [6.45, 7) is 10.7. The lowest BCUT2D eigenvalue weighted by Crippen LogP contribution is -2.25. The zero-order valence-electron chi connectivity index (χ0n) is 9.17. The lowest BCUT2D eigenvalue weighted by molar-refractivity contribution is -0.138. The molecule has 0 amide bonds. The van der Waals surface area contributed by atoms with Crippen molar-refractivity contribution >= 4 is 5.97 Å². The Hall–Kier alpha value is -0.790. The van der Waals surface area contributed by atoms with E-state index in [1.54, 1.807) is 0 Å². The highest BCUT2D eigenvalue weighted by Crippen LogP contribution is 2.72. The van der Waals surface area contributed by atoms with Crippen LogP contribution in [0.1, 0.15) is 27.2 Å². The summed E-state index contributed by atoms with van der Waals surface area (Å²) in [6.07, 6.45) is 1.24. The summed E-state index contributed by atoms with van der Waals surface area (Å²) in [5.41, 5.74) is 1.12. The Morgan fingerprint density at radius 1 is 1.57 bits per heavy atom. The molecule has 0 unspecified atom stereocenters. The molecule has 2 fully saturated rings. The van der Waals surface area contributed by atoms with Crippen LogP contribution >= 0.6 is 0 Å². The van der Waals surface area contributed by atoms with Gasteiger partial charge in [0, 0.05) is 5.57 Å². The van der Waals surface area contributed by atoms with Gasteiger partial charge in [-0.1, -0.05) is 20.4 Å². The van der Waals surface area contributed by atoms with Crippen molar-refractivity contribution in [3.8, 4) is 0 Å². The molecular weight excluding hydrogens is 176 g/mol. The Morgan fingerprint density at radius 3 is 2.57 bits per heavy atom. The summed E-state index contributed by atoms with van der Waals surface area (Å²) in [5.74, 6) is 1.65. The predicted octanol–water partition coefficient (Wildman–Crippen LogP) is 2.40. The van der Waals surface area contributed by atoms with E-state index < -0.39 is 0 Å². The molecule has 0 saturated heterocycles. The zero-order valence-corrected chi connectivity index (χ0v) is 9.17. The number of ether oxygens (including phenoxy) is 1. The summed E-state index contributed by atoms with van der Waals surface area (Å²) < 4.78 is 4.96. The number of rotatable bonds is 3. The second kappa shape index (κ2) is 2.85. The number of fused-ring (bicyclic) bond motifs is 1. The molecular formula is C12H18O2. The Bertz CT molecular complexity index is 291. The van der Waals surface area contributed by atoms with Crippen LogP contribution in [0, 0.1) is 23.2 Å². The van der Waals surface area contributed by atoms with Crippen molar-refractivity contribution in [3.63, 3.8) is 0 Å². The molecule has 0 heterocycles. The minimum Gasteiger partial charge on any atom is -0.463 e. The largest absolute Gasteiger partial charge is 0.463 e. The number of hydrogen-bond acceptors (Lipinski definition) is 2. The van der Waals surface area contributed by atoms with Crippen LogP contribution in [0.4, 0.5) is 0 Å². The summed E-state index contributed by atoms with van der Waals surface area (Å²) in [5, 5.41) is 0. The number of carbonyl (C=O) groups is 1. The van der Waals surface area contributed by atoms with Gasteiger partial charge in [0.25, 0.3) is 0 Å². The molecule has 14 heavy (non-hydrogen) atoms. The SMILES string of the molecule is C=C(C(=O)OCC)[C@H]1[C@@H]2CC(C)(C)[C@@H]21. The van der Waals surface area contributed by atoms with Gasteiger partial charge in [0.2, 0.25) is 0 Å². The van der Waals surface area contributed by atoms with Gasteiger partial charge >= 0.3 is 5.97 Å². The second-order valence-electron chi connectivity index (χ2n) is 5.15. The monoisotopic (exact) mass is 194 g/mol. The molecule has 0 radical (unpaired) electrons. The highest BCUT2D eigenvalue weighted by molar-refractivity contribution is 5.89. The maximum Gasteiger partial charge on any atom is 0.333 e. The van der Waals surface area contributed by atoms with Crippen molar-refractivity contribution in [2.45, 2.75) is 27.2 Å². The number of esters is 1. The van der Waals surface area contributed by atoms with E-state index in [9.17, 15) is 4.79 Å². The van der Waals surface area contributed by atoms with E-state index >= 15 is 0 Å². The van der Waals surface area contributed by atoms with E-state index in [-0.39, 0.29) is 5.97 Å². The molecule has 0 bridgehead atoms. The molecule has 0 aromatic carbocycles. The Labute approximate surface area is 85.3 Å². The molecule has 0 aromatic heterocycles. The van der Waals surface area contributed by atoms with Crippen molar-refractivity contribution < 1.29 is 9.53 Å². The van der Waals surface area contributed by atoms with E-state index in [4.69, 9.17) is 4.74 Å². The molecule has 2 rings (SSSR count). The van der Waals surface area contributed by atoms with E-state index in [0.29, 0.717) is 29.4 Å². The molecule has 2 saturated carbocycles. The van der Waals surface area contributed by atoms with Crippen molar-refractivity contribution in [2.75, 3.05) is 6.61 Å². The van der Waals surface area contributed by atoms with Gasteiger partial charge in [0.05, 0.1) is 6.61 Å². The minimum absolute atomic E-state index is 0.192. The molecule has 2 aliphatic rings. The highest BCUT2D eigenvalue weighted by atomic mass is 16.5. The van der Waals surface area contributed by atoms with Gasteiger partial charge < -0.3 is 4.74 Å². The highest BCUT2D eigenvalue weighted by Gasteiger charge is 2.68. The quantitative estimate of drug-likeness (QED) is 0.509. The van der Waals surface area contributed by atoms with Gasteiger partial charge in [-0.15, -0.1) is 0 Å². The van der Waals surface area contributed by atoms with Crippen LogP contribution in [0.15, 0.2) is 12.2 Å². The molecule has 78 valence electrons. The third-order valence-electron chi connectivity index (χ3n) is 3.77. The molecule has 0 aliphatic heterocycles. The van der Waals surface area contributed by atoms with Gasteiger partial charge in [-0.05, 0) is 36.5 Å². The van der Waals surface area contributed by atoms with Crippen LogP contribution in [0.25, 0.3) is 0 Å².